The molecule has 0 unspecified atom stereocenters. The maximum Gasteiger partial charge on any atom is 0.281 e. The molecular formula is C20H20Cl2N2O3S. The van der Waals surface area contributed by atoms with Crippen molar-refractivity contribution in [2.45, 2.75) is 20.4 Å². The lowest BCUT2D eigenvalue weighted by Gasteiger charge is -2.10. The lowest BCUT2D eigenvalue weighted by Crippen LogP contribution is -2.20. The van der Waals surface area contributed by atoms with Crippen molar-refractivity contribution in [2.75, 3.05) is 19.8 Å². The first-order valence-electron chi connectivity index (χ1n) is 8.92. The number of amides is 1. The molecule has 0 fully saturated rings. The van der Waals surface area contributed by atoms with Crippen LogP contribution in [0.3, 0.4) is 0 Å². The van der Waals surface area contributed by atoms with E-state index < -0.39 is 5.91 Å². The molecule has 28 heavy (non-hydrogen) atoms. The maximum absolute atomic E-state index is 12.8. The Bertz CT molecular complexity index is 1060. The van der Waals surface area contributed by atoms with Gasteiger partial charge in [0.05, 0.1) is 28.5 Å². The highest BCUT2D eigenvalue weighted by molar-refractivity contribution is 7.16. The van der Waals surface area contributed by atoms with Crippen LogP contribution in [0.1, 0.15) is 24.2 Å². The molecule has 3 rings (SSSR count). The molecule has 3 aromatic rings. The van der Waals surface area contributed by atoms with Crippen LogP contribution >= 0.6 is 34.5 Å². The summed E-state index contributed by atoms with van der Waals surface area (Å²) in [6.45, 7) is 6.09. The second-order valence-corrected chi connectivity index (χ2v) is 7.66. The van der Waals surface area contributed by atoms with Crippen molar-refractivity contribution in [3.63, 3.8) is 0 Å². The van der Waals surface area contributed by atoms with E-state index in [-0.39, 0.29) is 5.56 Å². The Morgan fingerprint density at radius 3 is 2.75 bits per heavy atom. The third kappa shape index (κ3) is 4.58. The van der Waals surface area contributed by atoms with Gasteiger partial charge in [-0.25, -0.2) is 0 Å². The fraction of sp³-hybridized carbons (Fsp3) is 0.300. The van der Waals surface area contributed by atoms with Crippen molar-refractivity contribution in [1.82, 2.24) is 4.57 Å². The van der Waals surface area contributed by atoms with E-state index in [1.165, 1.54) is 17.4 Å². The van der Waals surface area contributed by atoms with Crippen LogP contribution in [-0.4, -0.2) is 30.3 Å². The number of carbonyl (C=O) groups excluding carboxylic acids is 1. The molecule has 0 radical (unpaired) electrons. The zero-order valence-electron chi connectivity index (χ0n) is 15.6. The van der Waals surface area contributed by atoms with Crippen molar-refractivity contribution < 1.29 is 14.3 Å². The van der Waals surface area contributed by atoms with Gasteiger partial charge in [0, 0.05) is 18.2 Å². The molecule has 0 bridgehead atoms. The van der Waals surface area contributed by atoms with Gasteiger partial charge in [-0.3, -0.25) is 4.79 Å². The van der Waals surface area contributed by atoms with Gasteiger partial charge < -0.3 is 14.0 Å². The summed E-state index contributed by atoms with van der Waals surface area (Å²) in [6.07, 6.45) is 0. The minimum absolute atomic E-state index is 0.271. The van der Waals surface area contributed by atoms with Gasteiger partial charge in [-0.2, -0.15) is 4.99 Å². The van der Waals surface area contributed by atoms with Crippen LogP contribution in [0.25, 0.3) is 10.2 Å². The summed E-state index contributed by atoms with van der Waals surface area (Å²) in [5, 5.41) is 0.747. The normalized spacial score (nSPS) is 11.9. The molecule has 2 aromatic carbocycles. The summed E-state index contributed by atoms with van der Waals surface area (Å²) in [5.41, 5.74) is 1.17. The number of rotatable bonds is 7. The van der Waals surface area contributed by atoms with Gasteiger partial charge in [0.2, 0.25) is 0 Å². The molecule has 1 heterocycles. The third-order valence-corrected chi connectivity index (χ3v) is 5.59. The first kappa shape index (κ1) is 20.9. The molecule has 0 aliphatic rings. The van der Waals surface area contributed by atoms with Gasteiger partial charge in [0.25, 0.3) is 5.91 Å². The third-order valence-electron chi connectivity index (χ3n) is 3.98. The van der Waals surface area contributed by atoms with Gasteiger partial charge in [-0.15, -0.1) is 0 Å². The Morgan fingerprint density at radius 2 is 2.00 bits per heavy atom. The Hall–Kier alpha value is -1.86. The Morgan fingerprint density at radius 1 is 1.18 bits per heavy atom. The Labute approximate surface area is 177 Å². The largest absolute Gasteiger partial charge is 0.492 e. The summed E-state index contributed by atoms with van der Waals surface area (Å²) in [5.74, 6) is 0.310. The SMILES string of the molecule is CCOCCn1c(=NC(=O)c2cc(Cl)ccc2Cl)sc2cccc(OCC)c21. The lowest BCUT2D eigenvalue weighted by atomic mass is 10.2. The minimum atomic E-state index is -0.442. The number of nitrogens with zero attached hydrogens (tertiary/aromatic N) is 2. The molecule has 1 aromatic heterocycles. The second-order valence-electron chi connectivity index (χ2n) is 5.81. The number of fused-ring (bicyclic) bond motifs is 1. The standard InChI is InChI=1S/C20H20Cl2N2O3S/c1-3-26-11-10-24-18-16(27-4-2)6-5-7-17(18)28-20(24)23-19(25)14-12-13(21)8-9-15(14)22/h5-9,12H,3-4,10-11H2,1-2H3. The molecule has 0 saturated carbocycles. The predicted octanol–water partition coefficient (Wildman–Crippen LogP) is 5.19. The fourth-order valence-electron chi connectivity index (χ4n) is 2.77. The molecule has 8 heteroatoms. The molecule has 148 valence electrons. The molecule has 0 saturated heterocycles. The number of hydrogen-bond donors (Lipinski definition) is 0. The van der Waals surface area contributed by atoms with Crippen molar-refractivity contribution >= 4 is 50.7 Å². The highest BCUT2D eigenvalue weighted by Gasteiger charge is 2.15. The number of benzene rings is 2. The second kappa shape index (κ2) is 9.56. The van der Waals surface area contributed by atoms with Crippen LogP contribution in [0, 0.1) is 0 Å². The topological polar surface area (TPSA) is 52.8 Å². The summed E-state index contributed by atoms with van der Waals surface area (Å²) >= 11 is 13.6. The monoisotopic (exact) mass is 438 g/mol. The van der Waals surface area contributed by atoms with Gasteiger partial charge in [-0.1, -0.05) is 40.6 Å². The zero-order valence-corrected chi connectivity index (χ0v) is 17.9. The molecule has 5 nitrogen and oxygen atoms in total. The number of hydrogen-bond acceptors (Lipinski definition) is 4. The molecule has 0 aliphatic heterocycles. The molecule has 0 aliphatic carbocycles. The van der Waals surface area contributed by atoms with Crippen LogP contribution in [0.2, 0.25) is 10.0 Å². The van der Waals surface area contributed by atoms with Crippen molar-refractivity contribution in [2.24, 2.45) is 4.99 Å². The van der Waals surface area contributed by atoms with Gasteiger partial charge in [0.1, 0.15) is 11.3 Å². The summed E-state index contributed by atoms with van der Waals surface area (Å²) in [7, 11) is 0. The first-order chi connectivity index (χ1) is 13.5. The van der Waals surface area contributed by atoms with Crippen LogP contribution < -0.4 is 9.54 Å². The maximum atomic E-state index is 12.8. The number of thiazole rings is 1. The molecule has 0 N–H and O–H groups in total. The number of halogens is 2. The Kier molecular flexibility index (Phi) is 7.13. The Balaban J connectivity index is 2.14. The van der Waals surface area contributed by atoms with Crippen LogP contribution in [0.5, 0.6) is 5.75 Å². The van der Waals surface area contributed by atoms with E-state index in [9.17, 15) is 4.79 Å². The van der Waals surface area contributed by atoms with E-state index in [2.05, 4.69) is 4.99 Å². The summed E-state index contributed by atoms with van der Waals surface area (Å²) < 4.78 is 14.2. The minimum Gasteiger partial charge on any atom is -0.492 e. The van der Waals surface area contributed by atoms with E-state index in [0.29, 0.717) is 41.2 Å². The van der Waals surface area contributed by atoms with E-state index >= 15 is 0 Å². The molecular weight excluding hydrogens is 419 g/mol. The highest BCUT2D eigenvalue weighted by Crippen LogP contribution is 2.28. The van der Waals surface area contributed by atoms with Gasteiger partial charge >= 0.3 is 0 Å². The molecule has 0 spiro atoms. The van der Waals surface area contributed by atoms with Gasteiger partial charge in [-0.05, 0) is 44.2 Å². The van der Waals surface area contributed by atoms with Crippen LogP contribution in [0.4, 0.5) is 0 Å². The average molecular weight is 439 g/mol. The summed E-state index contributed by atoms with van der Waals surface area (Å²) in [4.78, 5) is 17.7. The number of aromatic nitrogens is 1. The van der Waals surface area contributed by atoms with Gasteiger partial charge in [0.15, 0.2) is 4.80 Å². The van der Waals surface area contributed by atoms with Crippen molar-refractivity contribution in [1.29, 1.82) is 0 Å². The van der Waals surface area contributed by atoms with E-state index in [4.69, 9.17) is 32.7 Å². The van der Waals surface area contributed by atoms with E-state index in [1.54, 1.807) is 12.1 Å². The summed E-state index contributed by atoms with van der Waals surface area (Å²) in [6, 6.07) is 10.6. The first-order valence-corrected chi connectivity index (χ1v) is 10.5. The van der Waals surface area contributed by atoms with E-state index in [1.807, 2.05) is 36.6 Å². The predicted molar refractivity (Wildman–Crippen MR) is 114 cm³/mol. The lowest BCUT2D eigenvalue weighted by molar-refractivity contribution is 0.0996. The molecule has 0 atom stereocenters. The smallest absolute Gasteiger partial charge is 0.281 e. The molecule has 1 amide bonds. The van der Waals surface area contributed by atoms with Crippen LogP contribution in [-0.2, 0) is 11.3 Å². The number of carbonyl (C=O) groups is 1. The number of ether oxygens (including phenoxy) is 2. The zero-order chi connectivity index (χ0) is 20.1. The average Bonchev–Trinajstić information content (AvgIpc) is 3.02. The number of para-hydroxylation sites is 1. The highest BCUT2D eigenvalue weighted by atomic mass is 35.5. The van der Waals surface area contributed by atoms with Crippen LogP contribution in [0.15, 0.2) is 41.4 Å². The fourth-order valence-corrected chi connectivity index (χ4v) is 4.21. The van der Waals surface area contributed by atoms with Crippen molar-refractivity contribution in [3.8, 4) is 5.75 Å². The van der Waals surface area contributed by atoms with E-state index in [0.717, 1.165) is 16.0 Å². The quantitative estimate of drug-likeness (QED) is 0.477. The van der Waals surface area contributed by atoms with Crippen molar-refractivity contribution in [3.05, 3.63) is 56.8 Å².